The molecule has 2 aromatic heterocycles. The zero-order chi connectivity index (χ0) is 30.2. The Labute approximate surface area is 250 Å². The maximum absolute atomic E-state index is 13.3. The SMILES string of the molecule is CC1(C)OC2C(COC(=O)OCC(=O)c3ccc4ccc5cccc6ccc3c4c56)OC(n3cnc4c(N)ncnc43)C2O1. The van der Waals surface area contributed by atoms with Crippen LogP contribution in [-0.4, -0.2) is 68.8 Å². The van der Waals surface area contributed by atoms with Crippen LogP contribution in [0.5, 0.6) is 0 Å². The van der Waals surface area contributed by atoms with Crippen LogP contribution in [-0.2, 0) is 23.7 Å². The van der Waals surface area contributed by atoms with Crippen molar-refractivity contribution in [3.8, 4) is 0 Å². The zero-order valence-corrected chi connectivity index (χ0v) is 23.8. The van der Waals surface area contributed by atoms with Gasteiger partial charge in [0.05, 0.1) is 6.33 Å². The first-order valence-corrected chi connectivity index (χ1v) is 14.2. The highest BCUT2D eigenvalue weighted by Gasteiger charge is 2.56. The number of fused-ring (bicyclic) bond motifs is 2. The minimum Gasteiger partial charge on any atom is -0.431 e. The molecular formula is C32H27N5O7. The van der Waals surface area contributed by atoms with Crippen molar-refractivity contribution in [1.29, 1.82) is 0 Å². The highest BCUT2D eigenvalue weighted by atomic mass is 16.8. The number of carbonyl (C=O) groups excluding carboxylic acids is 2. The van der Waals surface area contributed by atoms with Gasteiger partial charge in [0, 0.05) is 5.56 Å². The lowest BCUT2D eigenvalue weighted by atomic mass is 9.91. The minimum absolute atomic E-state index is 0.188. The van der Waals surface area contributed by atoms with Crippen LogP contribution in [0.1, 0.15) is 30.4 Å². The van der Waals surface area contributed by atoms with E-state index in [2.05, 4.69) is 33.2 Å². The molecule has 0 spiro atoms. The van der Waals surface area contributed by atoms with E-state index in [9.17, 15) is 9.59 Å². The minimum atomic E-state index is -0.994. The summed E-state index contributed by atoms with van der Waals surface area (Å²) in [4.78, 5) is 38.5. The first kappa shape index (κ1) is 26.7. The van der Waals surface area contributed by atoms with E-state index in [1.807, 2.05) is 30.3 Å². The van der Waals surface area contributed by atoms with Gasteiger partial charge >= 0.3 is 6.16 Å². The average molecular weight is 594 g/mol. The molecule has 0 bridgehead atoms. The molecule has 6 aromatic rings. The van der Waals surface area contributed by atoms with Gasteiger partial charge in [-0.25, -0.2) is 19.7 Å². The largest absolute Gasteiger partial charge is 0.508 e. The summed E-state index contributed by atoms with van der Waals surface area (Å²) in [6.07, 6.45) is -0.567. The average Bonchev–Trinajstić information content (AvgIpc) is 3.68. The molecule has 0 amide bonds. The Kier molecular flexibility index (Phi) is 5.95. The third kappa shape index (κ3) is 4.21. The van der Waals surface area contributed by atoms with E-state index in [1.165, 1.54) is 6.33 Å². The lowest BCUT2D eigenvalue weighted by Gasteiger charge is -2.24. The predicted octanol–water partition coefficient (Wildman–Crippen LogP) is 4.76. The second-order valence-electron chi connectivity index (χ2n) is 11.5. The molecule has 222 valence electrons. The highest BCUT2D eigenvalue weighted by molar-refractivity contribution is 6.26. The molecule has 4 atom stereocenters. The number of hydrogen-bond donors (Lipinski definition) is 1. The number of imidazole rings is 1. The van der Waals surface area contributed by atoms with Gasteiger partial charge in [-0.2, -0.15) is 0 Å². The van der Waals surface area contributed by atoms with E-state index in [1.54, 1.807) is 30.8 Å². The molecule has 0 aliphatic carbocycles. The summed E-state index contributed by atoms with van der Waals surface area (Å²) in [5.41, 5.74) is 7.34. The lowest BCUT2D eigenvalue weighted by molar-refractivity contribution is -0.200. The van der Waals surface area contributed by atoms with Crippen molar-refractivity contribution < 1.29 is 33.3 Å². The van der Waals surface area contributed by atoms with Crippen LogP contribution in [0.25, 0.3) is 43.5 Å². The van der Waals surface area contributed by atoms with Crippen LogP contribution in [0.15, 0.2) is 67.3 Å². The van der Waals surface area contributed by atoms with Gasteiger partial charge in [0.1, 0.15) is 36.8 Å². The van der Waals surface area contributed by atoms with E-state index < -0.39 is 43.1 Å². The van der Waals surface area contributed by atoms with Crippen molar-refractivity contribution in [2.45, 2.75) is 44.2 Å². The number of ether oxygens (including phenoxy) is 5. The monoisotopic (exact) mass is 593 g/mol. The molecule has 0 saturated carbocycles. The molecule has 4 heterocycles. The molecule has 8 rings (SSSR count). The number of hydrogen-bond acceptors (Lipinski definition) is 11. The Morgan fingerprint density at radius 1 is 0.909 bits per heavy atom. The van der Waals surface area contributed by atoms with Gasteiger partial charge in [0.2, 0.25) is 5.78 Å². The summed E-state index contributed by atoms with van der Waals surface area (Å²) < 4.78 is 30.8. The van der Waals surface area contributed by atoms with Gasteiger partial charge in [0.15, 0.2) is 30.1 Å². The molecule has 0 radical (unpaired) electrons. The summed E-state index contributed by atoms with van der Waals surface area (Å²) >= 11 is 0. The smallest absolute Gasteiger partial charge is 0.431 e. The summed E-state index contributed by atoms with van der Waals surface area (Å²) in [6, 6.07) is 17.9. The maximum Gasteiger partial charge on any atom is 0.508 e. The first-order chi connectivity index (χ1) is 21.3. The lowest BCUT2D eigenvalue weighted by Crippen LogP contribution is -2.34. The number of aromatic nitrogens is 4. The van der Waals surface area contributed by atoms with Gasteiger partial charge in [-0.15, -0.1) is 0 Å². The van der Waals surface area contributed by atoms with Crippen molar-refractivity contribution in [3.05, 3.63) is 72.8 Å². The van der Waals surface area contributed by atoms with Crippen molar-refractivity contribution in [1.82, 2.24) is 19.5 Å². The van der Waals surface area contributed by atoms with Crippen molar-refractivity contribution >= 4 is 61.2 Å². The second kappa shape index (κ2) is 9.81. The summed E-state index contributed by atoms with van der Waals surface area (Å²) in [6.45, 7) is 2.93. The van der Waals surface area contributed by atoms with Crippen molar-refractivity contribution in [2.24, 2.45) is 0 Å². The highest BCUT2D eigenvalue weighted by Crippen LogP contribution is 2.44. The van der Waals surface area contributed by atoms with Gasteiger partial charge in [-0.1, -0.05) is 54.6 Å². The number of anilines is 1. The molecule has 4 unspecified atom stereocenters. The van der Waals surface area contributed by atoms with Crippen LogP contribution < -0.4 is 5.73 Å². The fourth-order valence-corrected chi connectivity index (χ4v) is 6.45. The normalized spacial score (nSPS) is 22.7. The Morgan fingerprint density at radius 2 is 1.64 bits per heavy atom. The van der Waals surface area contributed by atoms with Crippen LogP contribution >= 0.6 is 0 Å². The zero-order valence-electron chi connectivity index (χ0n) is 23.8. The summed E-state index contributed by atoms with van der Waals surface area (Å²) in [5, 5.41) is 6.16. The number of nitrogen functional groups attached to an aromatic ring is 1. The second-order valence-corrected chi connectivity index (χ2v) is 11.5. The standard InChI is InChI=1S/C32H27N5O7/c1-32(2)43-26-22(42-30(27(26)44-32)37-15-36-25-28(33)34-14-35-29(25)37)13-41-31(39)40-12-21(38)19-10-8-18-7-6-16-4-3-5-17-9-11-20(19)24(18)23(16)17/h3-11,14-15,22,26-27,30H,12-13H2,1-2H3,(H2,33,34,35). The Morgan fingerprint density at radius 3 is 2.45 bits per heavy atom. The summed E-state index contributed by atoms with van der Waals surface area (Å²) in [5.74, 6) is -0.987. The van der Waals surface area contributed by atoms with Gasteiger partial charge in [-0.05, 0) is 46.2 Å². The fraction of sp³-hybridized carbons (Fsp3) is 0.281. The molecule has 2 N–H and O–H groups in total. The predicted molar refractivity (Wildman–Crippen MR) is 159 cm³/mol. The van der Waals surface area contributed by atoms with E-state index in [0.717, 1.165) is 32.3 Å². The Bertz CT molecular complexity index is 2080. The van der Waals surface area contributed by atoms with Crippen LogP contribution in [0.4, 0.5) is 10.6 Å². The van der Waals surface area contributed by atoms with Gasteiger partial charge < -0.3 is 29.4 Å². The quantitative estimate of drug-likeness (QED) is 0.162. The number of ketones is 1. The molecule has 2 saturated heterocycles. The Balaban J connectivity index is 0.965. The van der Waals surface area contributed by atoms with E-state index in [4.69, 9.17) is 29.4 Å². The topological polar surface area (TPSA) is 150 Å². The molecular weight excluding hydrogens is 566 g/mol. The number of benzene rings is 4. The van der Waals surface area contributed by atoms with Crippen LogP contribution in [0.3, 0.4) is 0 Å². The third-order valence-corrected chi connectivity index (χ3v) is 8.30. The van der Waals surface area contributed by atoms with E-state index in [0.29, 0.717) is 16.7 Å². The molecule has 2 fully saturated rings. The molecule has 2 aliphatic rings. The van der Waals surface area contributed by atoms with Gasteiger partial charge in [0.25, 0.3) is 0 Å². The van der Waals surface area contributed by atoms with Crippen molar-refractivity contribution in [3.63, 3.8) is 0 Å². The molecule has 4 aromatic carbocycles. The molecule has 12 nitrogen and oxygen atoms in total. The number of Topliss-reactive ketones (excluding diaryl/α,β-unsaturated/α-hetero) is 1. The Hall–Kier alpha value is -4.91. The first-order valence-electron chi connectivity index (χ1n) is 14.2. The van der Waals surface area contributed by atoms with Gasteiger partial charge in [-0.3, -0.25) is 9.36 Å². The summed E-state index contributed by atoms with van der Waals surface area (Å²) in [7, 11) is 0. The van der Waals surface area contributed by atoms with E-state index >= 15 is 0 Å². The van der Waals surface area contributed by atoms with Crippen LogP contribution in [0.2, 0.25) is 0 Å². The van der Waals surface area contributed by atoms with Crippen LogP contribution in [0, 0.1) is 0 Å². The number of rotatable bonds is 6. The number of nitrogens with zero attached hydrogens (tertiary/aromatic N) is 4. The third-order valence-electron chi connectivity index (χ3n) is 8.30. The van der Waals surface area contributed by atoms with Crippen molar-refractivity contribution in [2.75, 3.05) is 18.9 Å². The molecule has 2 aliphatic heterocycles. The number of nitrogens with two attached hydrogens (primary N) is 1. The maximum atomic E-state index is 13.3. The molecule has 44 heavy (non-hydrogen) atoms. The molecule has 12 heteroatoms. The van der Waals surface area contributed by atoms with E-state index in [-0.39, 0.29) is 18.2 Å². The number of carbonyl (C=O) groups is 2. The fourth-order valence-electron chi connectivity index (χ4n) is 6.45.